The van der Waals surface area contributed by atoms with Gasteiger partial charge in [-0.2, -0.15) is 0 Å². The van der Waals surface area contributed by atoms with Crippen molar-refractivity contribution < 1.29 is 0 Å². The lowest BCUT2D eigenvalue weighted by Crippen LogP contribution is -2.50. The Balaban J connectivity index is 1.78. The molecule has 1 heterocycles. The summed E-state index contributed by atoms with van der Waals surface area (Å²) in [5.41, 5.74) is 2.54. The Morgan fingerprint density at radius 2 is 2.12 bits per heavy atom. The molecule has 0 atom stereocenters. The Hall–Kier alpha value is -0.890. The van der Waals surface area contributed by atoms with Crippen molar-refractivity contribution in [3.8, 4) is 0 Å². The van der Waals surface area contributed by atoms with Gasteiger partial charge in [-0.1, -0.05) is 19.9 Å². The van der Waals surface area contributed by atoms with Crippen LogP contribution in [0, 0.1) is 5.41 Å². The van der Waals surface area contributed by atoms with E-state index < -0.39 is 0 Å². The van der Waals surface area contributed by atoms with E-state index in [2.05, 4.69) is 42.5 Å². The first-order valence-electron chi connectivity index (χ1n) is 6.78. The quantitative estimate of drug-likeness (QED) is 0.860. The highest BCUT2D eigenvalue weighted by atomic mass is 14.9. The molecule has 0 bridgehead atoms. The number of rotatable bonds is 4. The van der Waals surface area contributed by atoms with Crippen molar-refractivity contribution >= 4 is 0 Å². The van der Waals surface area contributed by atoms with E-state index in [1.807, 2.05) is 6.20 Å². The van der Waals surface area contributed by atoms with Gasteiger partial charge in [-0.15, -0.1) is 0 Å². The van der Waals surface area contributed by atoms with Gasteiger partial charge in [0.15, 0.2) is 0 Å². The van der Waals surface area contributed by atoms with Crippen LogP contribution in [0.1, 0.15) is 45.1 Å². The van der Waals surface area contributed by atoms with Crippen molar-refractivity contribution in [1.29, 1.82) is 0 Å². The standard InChI is InChI=1S/C15H22N2/c1-12(2)17-11-15(9-14(10-15)5-6-14)13-4-3-7-16-8-13/h3-4,7-8,12,17H,5-6,9-11H2,1-2H3. The Kier molecular flexibility index (Phi) is 2.51. The van der Waals surface area contributed by atoms with E-state index in [9.17, 15) is 0 Å². The van der Waals surface area contributed by atoms with E-state index in [1.165, 1.54) is 31.2 Å². The molecule has 0 radical (unpaired) electrons. The minimum atomic E-state index is 0.370. The third kappa shape index (κ3) is 1.99. The van der Waals surface area contributed by atoms with Gasteiger partial charge in [-0.25, -0.2) is 0 Å². The zero-order chi connectivity index (χ0) is 11.9. The molecule has 17 heavy (non-hydrogen) atoms. The minimum Gasteiger partial charge on any atom is -0.314 e. The molecule has 0 amide bonds. The van der Waals surface area contributed by atoms with Crippen molar-refractivity contribution in [3.05, 3.63) is 30.1 Å². The Bertz CT molecular complexity index is 385. The normalized spacial score (nSPS) is 23.7. The molecule has 0 unspecified atom stereocenters. The molecule has 2 aliphatic carbocycles. The van der Waals surface area contributed by atoms with Gasteiger partial charge < -0.3 is 5.32 Å². The van der Waals surface area contributed by atoms with Crippen LogP contribution >= 0.6 is 0 Å². The highest BCUT2D eigenvalue weighted by molar-refractivity contribution is 5.31. The summed E-state index contributed by atoms with van der Waals surface area (Å²) < 4.78 is 0. The molecular weight excluding hydrogens is 208 g/mol. The molecule has 1 N–H and O–H groups in total. The van der Waals surface area contributed by atoms with Crippen molar-refractivity contribution in [2.45, 2.75) is 51.0 Å². The number of nitrogens with zero attached hydrogens (tertiary/aromatic N) is 1. The Morgan fingerprint density at radius 3 is 2.65 bits per heavy atom. The molecule has 0 aromatic carbocycles. The Labute approximate surface area is 104 Å². The third-order valence-electron chi connectivity index (χ3n) is 4.51. The van der Waals surface area contributed by atoms with Crippen LogP contribution in [0.15, 0.2) is 24.5 Å². The molecule has 92 valence electrons. The lowest BCUT2D eigenvalue weighted by molar-refractivity contribution is 0.113. The zero-order valence-electron chi connectivity index (χ0n) is 10.9. The average Bonchev–Trinajstić information content (AvgIpc) is 3.06. The molecule has 0 saturated heterocycles. The fraction of sp³-hybridized carbons (Fsp3) is 0.667. The number of pyridine rings is 1. The van der Waals surface area contributed by atoms with Crippen LogP contribution < -0.4 is 5.32 Å². The molecule has 0 aliphatic heterocycles. The summed E-state index contributed by atoms with van der Waals surface area (Å²) in [6.07, 6.45) is 9.58. The predicted molar refractivity (Wildman–Crippen MR) is 70.0 cm³/mol. The Morgan fingerprint density at radius 1 is 1.35 bits per heavy atom. The van der Waals surface area contributed by atoms with Gasteiger partial charge in [0, 0.05) is 30.4 Å². The van der Waals surface area contributed by atoms with E-state index >= 15 is 0 Å². The highest BCUT2D eigenvalue weighted by Gasteiger charge is 2.61. The second-order valence-electron chi connectivity index (χ2n) is 6.41. The largest absolute Gasteiger partial charge is 0.314 e. The molecule has 2 fully saturated rings. The first-order valence-corrected chi connectivity index (χ1v) is 6.78. The maximum absolute atomic E-state index is 4.30. The monoisotopic (exact) mass is 230 g/mol. The van der Waals surface area contributed by atoms with E-state index in [4.69, 9.17) is 0 Å². The van der Waals surface area contributed by atoms with Crippen molar-refractivity contribution in [2.75, 3.05) is 6.54 Å². The lowest BCUT2D eigenvalue weighted by Gasteiger charge is -2.49. The van der Waals surface area contributed by atoms with Crippen LogP contribution in [0.3, 0.4) is 0 Å². The predicted octanol–water partition coefficient (Wildman–Crippen LogP) is 2.89. The minimum absolute atomic E-state index is 0.370. The van der Waals surface area contributed by atoms with E-state index in [0.29, 0.717) is 11.5 Å². The van der Waals surface area contributed by atoms with Gasteiger partial charge in [0.05, 0.1) is 0 Å². The van der Waals surface area contributed by atoms with Gasteiger partial charge >= 0.3 is 0 Å². The fourth-order valence-electron chi connectivity index (χ4n) is 3.42. The lowest BCUT2D eigenvalue weighted by atomic mass is 9.56. The summed E-state index contributed by atoms with van der Waals surface area (Å²) in [5, 5.41) is 3.62. The molecule has 3 rings (SSSR count). The SMILES string of the molecule is CC(C)NCC1(c2cccnc2)CC2(CC2)C1. The number of aromatic nitrogens is 1. The number of nitrogens with one attached hydrogen (secondary N) is 1. The van der Waals surface area contributed by atoms with Gasteiger partial charge in [-0.05, 0) is 42.7 Å². The summed E-state index contributed by atoms with van der Waals surface area (Å²) in [5.74, 6) is 0. The van der Waals surface area contributed by atoms with Crippen LogP contribution in [0.2, 0.25) is 0 Å². The molecule has 1 aromatic heterocycles. The van der Waals surface area contributed by atoms with Crippen LogP contribution in [0.4, 0.5) is 0 Å². The summed E-state index contributed by atoms with van der Waals surface area (Å²) >= 11 is 0. The summed E-state index contributed by atoms with van der Waals surface area (Å²) in [4.78, 5) is 4.30. The molecule has 1 aromatic rings. The molecule has 1 spiro atoms. The van der Waals surface area contributed by atoms with Gasteiger partial charge in [0.2, 0.25) is 0 Å². The molecule has 2 saturated carbocycles. The second-order valence-corrected chi connectivity index (χ2v) is 6.41. The first kappa shape index (κ1) is 11.2. The number of hydrogen-bond donors (Lipinski definition) is 1. The molecular formula is C15H22N2. The summed E-state index contributed by atoms with van der Waals surface area (Å²) in [6.45, 7) is 5.56. The molecule has 2 nitrogen and oxygen atoms in total. The summed E-state index contributed by atoms with van der Waals surface area (Å²) in [7, 11) is 0. The van der Waals surface area contributed by atoms with Crippen LogP contribution in [-0.4, -0.2) is 17.6 Å². The smallest absolute Gasteiger partial charge is 0.0306 e. The van der Waals surface area contributed by atoms with E-state index in [0.717, 1.165) is 12.0 Å². The number of hydrogen-bond acceptors (Lipinski definition) is 2. The van der Waals surface area contributed by atoms with Crippen molar-refractivity contribution in [1.82, 2.24) is 10.3 Å². The fourth-order valence-corrected chi connectivity index (χ4v) is 3.42. The van der Waals surface area contributed by atoms with Crippen LogP contribution in [0.25, 0.3) is 0 Å². The molecule has 2 heteroatoms. The van der Waals surface area contributed by atoms with Crippen LogP contribution in [0.5, 0.6) is 0 Å². The first-order chi connectivity index (χ1) is 8.14. The van der Waals surface area contributed by atoms with E-state index in [-0.39, 0.29) is 0 Å². The zero-order valence-corrected chi connectivity index (χ0v) is 10.9. The second kappa shape index (κ2) is 3.81. The van der Waals surface area contributed by atoms with Crippen molar-refractivity contribution in [2.24, 2.45) is 5.41 Å². The topological polar surface area (TPSA) is 24.9 Å². The van der Waals surface area contributed by atoms with Crippen LogP contribution in [-0.2, 0) is 5.41 Å². The third-order valence-corrected chi connectivity index (χ3v) is 4.51. The van der Waals surface area contributed by atoms with Gasteiger partial charge in [0.25, 0.3) is 0 Å². The molecule has 2 aliphatic rings. The van der Waals surface area contributed by atoms with Gasteiger partial charge in [-0.3, -0.25) is 4.98 Å². The summed E-state index contributed by atoms with van der Waals surface area (Å²) in [6, 6.07) is 4.90. The maximum Gasteiger partial charge on any atom is 0.0306 e. The van der Waals surface area contributed by atoms with Crippen molar-refractivity contribution in [3.63, 3.8) is 0 Å². The average molecular weight is 230 g/mol. The maximum atomic E-state index is 4.30. The highest BCUT2D eigenvalue weighted by Crippen LogP contribution is 2.68. The van der Waals surface area contributed by atoms with Gasteiger partial charge in [0.1, 0.15) is 0 Å². The van der Waals surface area contributed by atoms with E-state index in [1.54, 1.807) is 0 Å².